The fourth-order valence-corrected chi connectivity index (χ4v) is 2.76. The summed E-state index contributed by atoms with van der Waals surface area (Å²) >= 11 is 0. The fourth-order valence-electron chi connectivity index (χ4n) is 2.76. The van der Waals surface area contributed by atoms with Crippen molar-refractivity contribution in [2.45, 2.75) is 37.9 Å². The molecule has 3 fully saturated rings. The number of fused-ring (bicyclic) bond motifs is 2. The Kier molecular flexibility index (Phi) is 1.16. The van der Waals surface area contributed by atoms with Crippen molar-refractivity contribution in [3.05, 3.63) is 0 Å². The highest BCUT2D eigenvalue weighted by Gasteiger charge is 2.48. The van der Waals surface area contributed by atoms with E-state index >= 15 is 0 Å². The molecule has 0 aliphatic carbocycles. The van der Waals surface area contributed by atoms with Crippen molar-refractivity contribution >= 4 is 0 Å². The molecule has 3 aliphatic heterocycles. The predicted molar refractivity (Wildman–Crippen MR) is 40.4 cm³/mol. The highest BCUT2D eigenvalue weighted by atomic mass is 16.5. The zero-order valence-electron chi connectivity index (χ0n) is 6.71. The minimum atomic E-state index is 0.560. The van der Waals surface area contributed by atoms with Crippen molar-refractivity contribution in [1.29, 1.82) is 0 Å². The SMILES string of the molecule is C1CC2CC3(COC3)CC1O2. The topological polar surface area (TPSA) is 18.5 Å². The van der Waals surface area contributed by atoms with E-state index in [2.05, 4.69) is 0 Å². The van der Waals surface area contributed by atoms with Crippen LogP contribution in [0.1, 0.15) is 25.7 Å². The predicted octanol–water partition coefficient (Wildman–Crippen LogP) is 1.34. The van der Waals surface area contributed by atoms with Gasteiger partial charge < -0.3 is 9.47 Å². The molecule has 62 valence electrons. The van der Waals surface area contributed by atoms with Crippen LogP contribution < -0.4 is 0 Å². The van der Waals surface area contributed by atoms with Gasteiger partial charge in [-0.05, 0) is 25.7 Å². The van der Waals surface area contributed by atoms with E-state index in [9.17, 15) is 0 Å². The molecule has 0 N–H and O–H groups in total. The Bertz CT molecular complexity index is 160. The second kappa shape index (κ2) is 1.99. The van der Waals surface area contributed by atoms with Gasteiger partial charge in [0.05, 0.1) is 25.4 Å². The summed E-state index contributed by atoms with van der Waals surface area (Å²) in [5.41, 5.74) is 0.560. The average Bonchev–Trinajstić information content (AvgIpc) is 2.27. The van der Waals surface area contributed by atoms with Crippen molar-refractivity contribution in [3.8, 4) is 0 Å². The van der Waals surface area contributed by atoms with E-state index in [1.165, 1.54) is 25.7 Å². The third-order valence-corrected chi connectivity index (χ3v) is 3.33. The fraction of sp³-hybridized carbons (Fsp3) is 1.00. The van der Waals surface area contributed by atoms with Crippen molar-refractivity contribution in [1.82, 2.24) is 0 Å². The number of hydrogen-bond donors (Lipinski definition) is 0. The van der Waals surface area contributed by atoms with Gasteiger partial charge in [0, 0.05) is 5.41 Å². The van der Waals surface area contributed by atoms with Gasteiger partial charge in [-0.1, -0.05) is 0 Å². The quantitative estimate of drug-likeness (QED) is 0.524. The Morgan fingerprint density at radius 1 is 1.00 bits per heavy atom. The van der Waals surface area contributed by atoms with E-state index in [1.807, 2.05) is 0 Å². The van der Waals surface area contributed by atoms with Gasteiger partial charge in [0.15, 0.2) is 0 Å². The van der Waals surface area contributed by atoms with Gasteiger partial charge in [0.1, 0.15) is 0 Å². The van der Waals surface area contributed by atoms with Crippen LogP contribution in [-0.2, 0) is 9.47 Å². The monoisotopic (exact) mass is 154 g/mol. The molecule has 0 radical (unpaired) electrons. The zero-order chi connectivity index (χ0) is 7.31. The molecule has 3 saturated heterocycles. The Hall–Kier alpha value is -0.0800. The third kappa shape index (κ3) is 0.859. The molecule has 1 spiro atoms. The zero-order valence-corrected chi connectivity index (χ0v) is 6.71. The smallest absolute Gasteiger partial charge is 0.0586 e. The molecule has 3 rings (SSSR count). The Morgan fingerprint density at radius 3 is 2.09 bits per heavy atom. The molecule has 0 aromatic carbocycles. The molecule has 2 nitrogen and oxygen atoms in total. The lowest BCUT2D eigenvalue weighted by Crippen LogP contribution is -2.49. The average molecular weight is 154 g/mol. The van der Waals surface area contributed by atoms with Crippen molar-refractivity contribution in [3.63, 3.8) is 0 Å². The highest BCUT2D eigenvalue weighted by molar-refractivity contribution is 4.97. The molecule has 3 aliphatic rings. The molecule has 2 atom stereocenters. The number of ether oxygens (including phenoxy) is 2. The minimum absolute atomic E-state index is 0.560. The van der Waals surface area contributed by atoms with Crippen LogP contribution in [0.15, 0.2) is 0 Å². The summed E-state index contributed by atoms with van der Waals surface area (Å²) in [6, 6.07) is 0. The van der Waals surface area contributed by atoms with Crippen LogP contribution in [0, 0.1) is 5.41 Å². The second-order valence-electron chi connectivity index (χ2n) is 4.36. The highest BCUT2D eigenvalue weighted by Crippen LogP contribution is 2.47. The number of rotatable bonds is 0. The first kappa shape index (κ1) is 6.44. The summed E-state index contributed by atoms with van der Waals surface area (Å²) in [5.74, 6) is 0. The van der Waals surface area contributed by atoms with Crippen LogP contribution in [-0.4, -0.2) is 25.4 Å². The van der Waals surface area contributed by atoms with Crippen LogP contribution in [0.4, 0.5) is 0 Å². The Balaban J connectivity index is 1.80. The molecule has 3 heterocycles. The molecule has 2 heteroatoms. The first-order valence-corrected chi connectivity index (χ1v) is 4.60. The summed E-state index contributed by atoms with van der Waals surface area (Å²) in [7, 11) is 0. The van der Waals surface area contributed by atoms with E-state index in [4.69, 9.17) is 9.47 Å². The summed E-state index contributed by atoms with van der Waals surface area (Å²) in [6.07, 6.45) is 6.29. The van der Waals surface area contributed by atoms with Crippen LogP contribution in [0.5, 0.6) is 0 Å². The lowest BCUT2D eigenvalue weighted by Gasteiger charge is -2.46. The third-order valence-electron chi connectivity index (χ3n) is 3.33. The van der Waals surface area contributed by atoms with E-state index in [1.54, 1.807) is 0 Å². The second-order valence-corrected chi connectivity index (χ2v) is 4.36. The van der Waals surface area contributed by atoms with Gasteiger partial charge in [0.2, 0.25) is 0 Å². The summed E-state index contributed by atoms with van der Waals surface area (Å²) < 4.78 is 11.1. The van der Waals surface area contributed by atoms with Gasteiger partial charge in [-0.3, -0.25) is 0 Å². The van der Waals surface area contributed by atoms with E-state index in [0.717, 1.165) is 13.2 Å². The maximum atomic E-state index is 5.77. The maximum absolute atomic E-state index is 5.77. The Labute approximate surface area is 66.9 Å². The van der Waals surface area contributed by atoms with Crippen molar-refractivity contribution < 1.29 is 9.47 Å². The van der Waals surface area contributed by atoms with Crippen molar-refractivity contribution in [2.75, 3.05) is 13.2 Å². The normalized spacial score (nSPS) is 45.8. The minimum Gasteiger partial charge on any atom is -0.380 e. The van der Waals surface area contributed by atoms with Gasteiger partial charge in [-0.2, -0.15) is 0 Å². The molecular formula is C9H14O2. The summed E-state index contributed by atoms with van der Waals surface area (Å²) in [6.45, 7) is 2.01. The van der Waals surface area contributed by atoms with Crippen LogP contribution in [0.25, 0.3) is 0 Å². The molecule has 2 unspecified atom stereocenters. The standard InChI is InChI=1S/C9H14O2/c1-2-8-4-9(5-10-6-9)3-7(1)11-8/h7-8H,1-6H2. The van der Waals surface area contributed by atoms with E-state index < -0.39 is 0 Å². The van der Waals surface area contributed by atoms with Crippen molar-refractivity contribution in [2.24, 2.45) is 5.41 Å². The lowest BCUT2D eigenvalue weighted by atomic mass is 9.76. The van der Waals surface area contributed by atoms with E-state index in [0.29, 0.717) is 17.6 Å². The molecule has 0 saturated carbocycles. The molecular weight excluding hydrogens is 140 g/mol. The van der Waals surface area contributed by atoms with Crippen LogP contribution >= 0.6 is 0 Å². The molecule has 0 amide bonds. The van der Waals surface area contributed by atoms with Gasteiger partial charge in [-0.15, -0.1) is 0 Å². The van der Waals surface area contributed by atoms with Gasteiger partial charge in [-0.25, -0.2) is 0 Å². The number of hydrogen-bond acceptors (Lipinski definition) is 2. The first-order valence-electron chi connectivity index (χ1n) is 4.60. The lowest BCUT2D eigenvalue weighted by molar-refractivity contribution is -0.182. The van der Waals surface area contributed by atoms with Gasteiger partial charge >= 0.3 is 0 Å². The first-order chi connectivity index (χ1) is 5.36. The molecule has 0 aromatic heterocycles. The summed E-state index contributed by atoms with van der Waals surface area (Å²) in [5, 5.41) is 0. The van der Waals surface area contributed by atoms with E-state index in [-0.39, 0.29) is 0 Å². The van der Waals surface area contributed by atoms with Crippen LogP contribution in [0.2, 0.25) is 0 Å². The maximum Gasteiger partial charge on any atom is 0.0586 e. The molecule has 0 aromatic rings. The molecule has 2 bridgehead atoms. The Morgan fingerprint density at radius 2 is 1.64 bits per heavy atom. The molecule has 11 heavy (non-hydrogen) atoms. The van der Waals surface area contributed by atoms with Gasteiger partial charge in [0.25, 0.3) is 0 Å². The van der Waals surface area contributed by atoms with Crippen LogP contribution in [0.3, 0.4) is 0 Å². The summed E-state index contributed by atoms with van der Waals surface area (Å²) in [4.78, 5) is 0. The largest absolute Gasteiger partial charge is 0.380 e.